The summed E-state index contributed by atoms with van der Waals surface area (Å²) in [7, 11) is 0. The second-order valence-electron chi connectivity index (χ2n) is 7.09. The molecule has 0 bridgehead atoms. The third kappa shape index (κ3) is 3.38. The highest BCUT2D eigenvalue weighted by molar-refractivity contribution is 5.21. The molecule has 3 heteroatoms. The summed E-state index contributed by atoms with van der Waals surface area (Å²) in [5, 5.41) is 10.3. The molecule has 20 heavy (non-hydrogen) atoms. The fourth-order valence-corrected chi connectivity index (χ4v) is 3.30. The summed E-state index contributed by atoms with van der Waals surface area (Å²) < 4.78 is 26.9. The van der Waals surface area contributed by atoms with E-state index >= 15 is 0 Å². The lowest BCUT2D eigenvalue weighted by molar-refractivity contribution is 0.0504. The Bertz CT molecular complexity index is 457. The van der Waals surface area contributed by atoms with Crippen molar-refractivity contribution in [2.45, 2.75) is 52.6 Å². The van der Waals surface area contributed by atoms with E-state index < -0.39 is 17.7 Å². The van der Waals surface area contributed by atoms with Gasteiger partial charge in [-0.15, -0.1) is 0 Å². The molecule has 112 valence electrons. The average molecular weight is 282 g/mol. The van der Waals surface area contributed by atoms with Crippen LogP contribution in [0.2, 0.25) is 0 Å². The van der Waals surface area contributed by atoms with Gasteiger partial charge in [0.1, 0.15) is 11.6 Å². The van der Waals surface area contributed by atoms with Gasteiger partial charge in [-0.2, -0.15) is 0 Å². The number of rotatable bonds is 2. The first-order valence-electron chi connectivity index (χ1n) is 7.42. The minimum absolute atomic E-state index is 0.0323. The summed E-state index contributed by atoms with van der Waals surface area (Å²) in [5.41, 5.74) is 0.379. The van der Waals surface area contributed by atoms with Crippen LogP contribution in [0.4, 0.5) is 8.78 Å². The third-order valence-corrected chi connectivity index (χ3v) is 4.72. The van der Waals surface area contributed by atoms with Crippen molar-refractivity contribution in [2.24, 2.45) is 17.3 Å². The first-order chi connectivity index (χ1) is 9.29. The molecule has 0 spiro atoms. The molecule has 0 saturated heterocycles. The van der Waals surface area contributed by atoms with Crippen LogP contribution in [-0.4, -0.2) is 5.11 Å². The van der Waals surface area contributed by atoms with Gasteiger partial charge in [-0.25, -0.2) is 8.78 Å². The van der Waals surface area contributed by atoms with Crippen LogP contribution in [0.5, 0.6) is 0 Å². The predicted molar refractivity (Wildman–Crippen MR) is 76.2 cm³/mol. The van der Waals surface area contributed by atoms with Gasteiger partial charge in [0.25, 0.3) is 0 Å². The lowest BCUT2D eigenvalue weighted by Gasteiger charge is -2.38. The van der Waals surface area contributed by atoms with Crippen molar-refractivity contribution in [3.63, 3.8) is 0 Å². The minimum atomic E-state index is -0.897. The molecule has 2 rings (SSSR count). The van der Waals surface area contributed by atoms with Crippen molar-refractivity contribution in [3.05, 3.63) is 35.4 Å². The number of aliphatic hydroxyl groups excluding tert-OH is 1. The third-order valence-electron chi connectivity index (χ3n) is 4.72. The van der Waals surface area contributed by atoms with Gasteiger partial charge in [-0.3, -0.25) is 0 Å². The van der Waals surface area contributed by atoms with E-state index in [4.69, 9.17) is 0 Å². The van der Waals surface area contributed by atoms with Crippen LogP contribution in [0.3, 0.4) is 0 Å². The second kappa shape index (κ2) is 5.80. The van der Waals surface area contributed by atoms with Crippen molar-refractivity contribution in [3.8, 4) is 0 Å². The zero-order valence-electron chi connectivity index (χ0n) is 12.5. The van der Waals surface area contributed by atoms with Gasteiger partial charge in [-0.1, -0.05) is 20.8 Å². The summed E-state index contributed by atoms with van der Waals surface area (Å²) in [6, 6.07) is 3.30. The van der Waals surface area contributed by atoms with Gasteiger partial charge < -0.3 is 5.11 Å². The number of aliphatic hydroxyl groups is 1. The molecule has 0 radical (unpaired) electrons. The maximum Gasteiger partial charge on any atom is 0.129 e. The largest absolute Gasteiger partial charge is 0.388 e. The predicted octanol–water partition coefficient (Wildman–Crippen LogP) is 4.85. The van der Waals surface area contributed by atoms with Crippen molar-refractivity contribution >= 4 is 0 Å². The van der Waals surface area contributed by atoms with E-state index in [0.717, 1.165) is 43.9 Å². The van der Waals surface area contributed by atoms with Crippen LogP contribution in [0.15, 0.2) is 18.2 Å². The van der Waals surface area contributed by atoms with Gasteiger partial charge in [0.15, 0.2) is 0 Å². The zero-order valence-corrected chi connectivity index (χ0v) is 12.5. The zero-order chi connectivity index (χ0) is 14.9. The van der Waals surface area contributed by atoms with Gasteiger partial charge in [0.05, 0.1) is 6.10 Å². The molecule has 1 nitrogen and oxygen atoms in total. The maximum absolute atomic E-state index is 13.7. The van der Waals surface area contributed by atoms with Gasteiger partial charge >= 0.3 is 0 Å². The summed E-state index contributed by atoms with van der Waals surface area (Å²) in [6.07, 6.45) is 2.94. The topological polar surface area (TPSA) is 20.2 Å². The highest BCUT2D eigenvalue weighted by Crippen LogP contribution is 2.43. The molecule has 1 aliphatic rings. The molecular weight excluding hydrogens is 258 g/mol. The van der Waals surface area contributed by atoms with Crippen molar-refractivity contribution in [1.82, 2.24) is 0 Å². The molecule has 1 aromatic rings. The summed E-state index contributed by atoms with van der Waals surface area (Å²) in [6.45, 7) is 6.71. The molecule has 1 atom stereocenters. The van der Waals surface area contributed by atoms with Crippen molar-refractivity contribution in [1.29, 1.82) is 0 Å². The van der Waals surface area contributed by atoms with E-state index in [1.165, 1.54) is 0 Å². The Labute approximate surface area is 120 Å². The van der Waals surface area contributed by atoms with E-state index in [1.807, 2.05) is 0 Å². The SMILES string of the molecule is CC(C)(C)C1CCC(C(O)c2cc(F)ccc2F)CC1. The molecule has 0 aliphatic heterocycles. The Morgan fingerprint density at radius 2 is 1.70 bits per heavy atom. The quantitative estimate of drug-likeness (QED) is 0.822. The molecule has 1 fully saturated rings. The molecule has 1 aliphatic carbocycles. The van der Waals surface area contributed by atoms with E-state index in [9.17, 15) is 13.9 Å². The molecule has 1 saturated carbocycles. The first-order valence-corrected chi connectivity index (χ1v) is 7.42. The summed E-state index contributed by atoms with van der Waals surface area (Å²) >= 11 is 0. The van der Waals surface area contributed by atoms with Crippen LogP contribution in [-0.2, 0) is 0 Å². The van der Waals surface area contributed by atoms with Crippen LogP contribution in [0.25, 0.3) is 0 Å². The van der Waals surface area contributed by atoms with Gasteiger partial charge in [0.2, 0.25) is 0 Å². The standard InChI is InChI=1S/C17H24F2O/c1-17(2,3)12-6-4-11(5-7-12)16(20)14-10-13(18)8-9-15(14)19/h8-12,16,20H,4-7H2,1-3H3. The average Bonchev–Trinajstić information content (AvgIpc) is 2.40. The number of benzene rings is 1. The molecule has 1 N–H and O–H groups in total. The smallest absolute Gasteiger partial charge is 0.129 e. The monoisotopic (exact) mass is 282 g/mol. The second-order valence-corrected chi connectivity index (χ2v) is 7.09. The minimum Gasteiger partial charge on any atom is -0.388 e. The maximum atomic E-state index is 13.7. The Morgan fingerprint density at radius 3 is 2.25 bits per heavy atom. The summed E-state index contributed by atoms with van der Waals surface area (Å²) in [5.74, 6) is -0.339. The fraction of sp³-hybridized carbons (Fsp3) is 0.647. The number of halogens is 2. The Hall–Kier alpha value is -0.960. The van der Waals surface area contributed by atoms with Gasteiger partial charge in [-0.05, 0) is 61.1 Å². The lowest BCUT2D eigenvalue weighted by atomic mass is 9.68. The molecule has 1 aromatic carbocycles. The normalized spacial score (nSPS) is 25.5. The highest BCUT2D eigenvalue weighted by atomic mass is 19.1. The van der Waals surface area contributed by atoms with Crippen LogP contribution in [0.1, 0.15) is 58.1 Å². The van der Waals surface area contributed by atoms with Crippen molar-refractivity contribution in [2.75, 3.05) is 0 Å². The van der Waals surface area contributed by atoms with E-state index in [-0.39, 0.29) is 16.9 Å². The van der Waals surface area contributed by atoms with Crippen LogP contribution >= 0.6 is 0 Å². The lowest BCUT2D eigenvalue weighted by Crippen LogP contribution is -2.28. The van der Waals surface area contributed by atoms with Crippen molar-refractivity contribution < 1.29 is 13.9 Å². The Balaban J connectivity index is 2.05. The van der Waals surface area contributed by atoms with E-state index in [0.29, 0.717) is 5.92 Å². The first kappa shape index (κ1) is 15.4. The van der Waals surface area contributed by atoms with E-state index in [1.54, 1.807) is 0 Å². The fourth-order valence-electron chi connectivity index (χ4n) is 3.30. The highest BCUT2D eigenvalue weighted by Gasteiger charge is 2.33. The van der Waals surface area contributed by atoms with Crippen LogP contribution in [0, 0.1) is 28.9 Å². The Kier molecular flexibility index (Phi) is 4.48. The van der Waals surface area contributed by atoms with Gasteiger partial charge in [0, 0.05) is 5.56 Å². The van der Waals surface area contributed by atoms with E-state index in [2.05, 4.69) is 20.8 Å². The molecule has 0 amide bonds. The molecular formula is C17H24F2O. The Morgan fingerprint density at radius 1 is 1.10 bits per heavy atom. The number of hydrogen-bond donors (Lipinski definition) is 1. The number of hydrogen-bond acceptors (Lipinski definition) is 1. The molecule has 0 aromatic heterocycles. The molecule has 0 heterocycles. The van der Waals surface area contributed by atoms with Crippen LogP contribution < -0.4 is 0 Å². The molecule has 1 unspecified atom stereocenters. The summed E-state index contributed by atoms with van der Waals surface area (Å²) in [4.78, 5) is 0.